The Morgan fingerprint density at radius 2 is 1.86 bits per heavy atom. The predicted octanol–water partition coefficient (Wildman–Crippen LogP) is 2.77. The second-order valence-corrected chi connectivity index (χ2v) is 5.87. The number of phenolic OH excluding ortho intramolecular Hbond substituents is 1. The summed E-state index contributed by atoms with van der Waals surface area (Å²) in [5.41, 5.74) is 0.260. The number of esters is 2. The van der Waals surface area contributed by atoms with E-state index in [-0.39, 0.29) is 17.1 Å². The second-order valence-electron chi connectivity index (χ2n) is 5.02. The maximum atomic E-state index is 11.9. The Kier molecular flexibility index (Phi) is 4.46. The van der Waals surface area contributed by atoms with Crippen LogP contribution >= 0.6 is 15.9 Å². The summed E-state index contributed by atoms with van der Waals surface area (Å²) in [5.74, 6) is -2.62. The molecule has 0 unspecified atom stereocenters. The molecule has 0 radical (unpaired) electrons. The van der Waals surface area contributed by atoms with Crippen LogP contribution in [0.25, 0.3) is 6.08 Å². The van der Waals surface area contributed by atoms with Crippen molar-refractivity contribution in [2.24, 2.45) is 0 Å². The molecule has 0 saturated carbocycles. The molecule has 6 nitrogen and oxygen atoms in total. The van der Waals surface area contributed by atoms with Crippen LogP contribution in [0.2, 0.25) is 0 Å². The molecule has 1 saturated heterocycles. The Labute approximate surface area is 135 Å². The molecule has 0 atom stereocenters. The largest absolute Gasteiger partial charge is 0.503 e. The van der Waals surface area contributed by atoms with E-state index in [0.717, 1.165) is 0 Å². The van der Waals surface area contributed by atoms with Gasteiger partial charge in [-0.05, 0) is 46.6 Å². The number of phenols is 1. The van der Waals surface area contributed by atoms with E-state index in [1.807, 2.05) is 0 Å². The first-order chi connectivity index (χ1) is 10.2. The highest BCUT2D eigenvalue weighted by Crippen LogP contribution is 2.36. The van der Waals surface area contributed by atoms with Gasteiger partial charge in [-0.25, -0.2) is 9.59 Å². The van der Waals surface area contributed by atoms with Crippen LogP contribution in [0.15, 0.2) is 22.2 Å². The SMILES string of the molecule is CCOc1cc(C=C2C(=O)OC(C)(C)OC2=O)cc(Br)c1O. The second kappa shape index (κ2) is 6.00. The van der Waals surface area contributed by atoms with Crippen molar-refractivity contribution in [3.63, 3.8) is 0 Å². The van der Waals surface area contributed by atoms with Crippen LogP contribution in [0.1, 0.15) is 26.3 Å². The molecule has 7 heteroatoms. The number of hydrogen-bond acceptors (Lipinski definition) is 6. The number of benzene rings is 1. The molecular weight excluding hydrogens is 356 g/mol. The van der Waals surface area contributed by atoms with Crippen LogP contribution < -0.4 is 4.74 Å². The molecule has 1 aliphatic rings. The lowest BCUT2D eigenvalue weighted by Gasteiger charge is -2.29. The molecule has 1 heterocycles. The van der Waals surface area contributed by atoms with Crippen molar-refractivity contribution in [1.29, 1.82) is 0 Å². The molecule has 0 spiro atoms. The number of ether oxygens (including phenoxy) is 3. The summed E-state index contributed by atoms with van der Waals surface area (Å²) < 4.78 is 15.7. The Morgan fingerprint density at radius 1 is 1.27 bits per heavy atom. The van der Waals surface area contributed by atoms with Gasteiger partial charge in [0.2, 0.25) is 0 Å². The van der Waals surface area contributed by atoms with E-state index in [0.29, 0.717) is 16.6 Å². The summed E-state index contributed by atoms with van der Waals surface area (Å²) in [6, 6.07) is 3.06. The number of halogens is 1. The van der Waals surface area contributed by atoms with Crippen molar-refractivity contribution in [2.45, 2.75) is 26.6 Å². The van der Waals surface area contributed by atoms with Gasteiger partial charge in [0.25, 0.3) is 5.79 Å². The zero-order chi connectivity index (χ0) is 16.5. The van der Waals surface area contributed by atoms with Crippen molar-refractivity contribution in [3.8, 4) is 11.5 Å². The van der Waals surface area contributed by atoms with Crippen molar-refractivity contribution >= 4 is 33.9 Å². The summed E-state index contributed by atoms with van der Waals surface area (Å²) in [6.45, 7) is 5.09. The van der Waals surface area contributed by atoms with Crippen LogP contribution in [-0.2, 0) is 19.1 Å². The number of carbonyl (C=O) groups excluding carboxylic acids is 2. The number of cyclic esters (lactones) is 2. The molecule has 1 aromatic rings. The van der Waals surface area contributed by atoms with Gasteiger partial charge in [-0.3, -0.25) is 0 Å². The third-order valence-corrected chi connectivity index (χ3v) is 3.38. The number of carbonyl (C=O) groups is 2. The Morgan fingerprint density at radius 3 is 2.41 bits per heavy atom. The zero-order valence-electron chi connectivity index (χ0n) is 12.3. The number of rotatable bonds is 3. The minimum Gasteiger partial charge on any atom is -0.503 e. The first kappa shape index (κ1) is 16.4. The quantitative estimate of drug-likeness (QED) is 0.500. The molecular formula is C15H15BrO6. The van der Waals surface area contributed by atoms with E-state index in [1.165, 1.54) is 26.0 Å². The molecule has 118 valence electrons. The van der Waals surface area contributed by atoms with E-state index in [9.17, 15) is 14.7 Å². The van der Waals surface area contributed by atoms with Crippen LogP contribution in [0.5, 0.6) is 11.5 Å². The Bertz CT molecular complexity index is 640. The van der Waals surface area contributed by atoms with Gasteiger partial charge in [-0.2, -0.15) is 0 Å². The maximum Gasteiger partial charge on any atom is 0.348 e. The van der Waals surface area contributed by atoms with Gasteiger partial charge in [0.1, 0.15) is 5.57 Å². The fraction of sp³-hybridized carbons (Fsp3) is 0.333. The normalized spacial score (nSPS) is 16.8. The van der Waals surface area contributed by atoms with Crippen molar-refractivity contribution < 1.29 is 28.9 Å². The van der Waals surface area contributed by atoms with Gasteiger partial charge in [0.05, 0.1) is 11.1 Å². The Hall–Kier alpha value is -2.02. The highest BCUT2D eigenvalue weighted by atomic mass is 79.9. The van der Waals surface area contributed by atoms with Crippen LogP contribution in [-0.4, -0.2) is 29.4 Å². The molecule has 0 aromatic heterocycles. The average Bonchev–Trinajstić information content (AvgIpc) is 2.38. The molecule has 1 aromatic carbocycles. The monoisotopic (exact) mass is 370 g/mol. The van der Waals surface area contributed by atoms with E-state index < -0.39 is 17.7 Å². The van der Waals surface area contributed by atoms with E-state index in [1.54, 1.807) is 13.0 Å². The molecule has 0 amide bonds. The topological polar surface area (TPSA) is 82.1 Å². The van der Waals surface area contributed by atoms with E-state index >= 15 is 0 Å². The minimum absolute atomic E-state index is 0.0565. The number of aromatic hydroxyl groups is 1. The minimum atomic E-state index is -1.28. The van der Waals surface area contributed by atoms with Crippen molar-refractivity contribution in [2.75, 3.05) is 6.61 Å². The molecule has 1 N–H and O–H groups in total. The molecule has 1 aliphatic heterocycles. The van der Waals surface area contributed by atoms with Crippen LogP contribution in [0.4, 0.5) is 0 Å². The lowest BCUT2D eigenvalue weighted by atomic mass is 10.1. The van der Waals surface area contributed by atoms with Gasteiger partial charge < -0.3 is 19.3 Å². The maximum absolute atomic E-state index is 11.9. The standard InChI is InChI=1S/C15H15BrO6/c1-4-20-11-7-8(6-10(16)12(11)17)5-9-13(18)21-15(2,3)22-14(9)19/h5-7,17H,4H2,1-3H3. The fourth-order valence-electron chi connectivity index (χ4n) is 1.89. The first-order valence-electron chi connectivity index (χ1n) is 6.57. The summed E-state index contributed by atoms with van der Waals surface area (Å²) in [6.07, 6.45) is 1.33. The van der Waals surface area contributed by atoms with Gasteiger partial charge >= 0.3 is 11.9 Å². The third-order valence-electron chi connectivity index (χ3n) is 2.78. The molecule has 22 heavy (non-hydrogen) atoms. The van der Waals surface area contributed by atoms with Crippen molar-refractivity contribution in [3.05, 3.63) is 27.7 Å². The fourth-order valence-corrected chi connectivity index (χ4v) is 2.35. The third kappa shape index (κ3) is 3.41. The predicted molar refractivity (Wildman–Crippen MR) is 81.2 cm³/mol. The average molecular weight is 371 g/mol. The molecule has 0 aliphatic carbocycles. The molecule has 2 rings (SSSR count). The highest BCUT2D eigenvalue weighted by molar-refractivity contribution is 9.10. The summed E-state index contributed by atoms with van der Waals surface area (Å²) in [4.78, 5) is 23.8. The number of hydrogen-bond donors (Lipinski definition) is 1. The van der Waals surface area contributed by atoms with Crippen LogP contribution in [0.3, 0.4) is 0 Å². The molecule has 0 bridgehead atoms. The summed E-state index contributed by atoms with van der Waals surface area (Å²) in [7, 11) is 0. The van der Waals surface area contributed by atoms with Gasteiger partial charge in [0.15, 0.2) is 11.5 Å². The van der Waals surface area contributed by atoms with Gasteiger partial charge in [0, 0.05) is 13.8 Å². The Balaban J connectivity index is 2.41. The van der Waals surface area contributed by atoms with E-state index in [4.69, 9.17) is 14.2 Å². The first-order valence-corrected chi connectivity index (χ1v) is 7.36. The van der Waals surface area contributed by atoms with Gasteiger partial charge in [-0.15, -0.1) is 0 Å². The zero-order valence-corrected chi connectivity index (χ0v) is 13.9. The van der Waals surface area contributed by atoms with Crippen LogP contribution in [0, 0.1) is 0 Å². The van der Waals surface area contributed by atoms with Gasteiger partial charge in [-0.1, -0.05) is 0 Å². The molecule has 1 fully saturated rings. The highest BCUT2D eigenvalue weighted by Gasteiger charge is 2.38. The summed E-state index contributed by atoms with van der Waals surface area (Å²) >= 11 is 3.19. The lowest BCUT2D eigenvalue weighted by Crippen LogP contribution is -2.41. The smallest absolute Gasteiger partial charge is 0.348 e. The van der Waals surface area contributed by atoms with E-state index in [2.05, 4.69) is 15.9 Å². The lowest BCUT2D eigenvalue weighted by molar-refractivity contribution is -0.222. The van der Waals surface area contributed by atoms with Crippen molar-refractivity contribution in [1.82, 2.24) is 0 Å². The summed E-state index contributed by atoms with van der Waals surface area (Å²) in [5, 5.41) is 9.86.